The maximum Gasteiger partial charge on any atom is 0.410 e. The first-order chi connectivity index (χ1) is 44.2. The lowest BCUT2D eigenvalue weighted by atomic mass is 9.63. The van der Waals surface area contributed by atoms with Crippen LogP contribution in [0.2, 0.25) is 0 Å². The Labute approximate surface area is 550 Å². The van der Waals surface area contributed by atoms with E-state index < -0.39 is 11.2 Å². The van der Waals surface area contributed by atoms with Crippen molar-refractivity contribution in [3.63, 3.8) is 0 Å². The fourth-order valence-corrected chi connectivity index (χ4v) is 10.2. The first-order valence-electron chi connectivity index (χ1n) is 29.4. The third kappa shape index (κ3) is 29.6. The quantitative estimate of drug-likeness (QED) is 0.269. The number of Topliss-reactive ketones (excluding diaryl/α,β-unsaturated/α-hetero) is 1. The van der Waals surface area contributed by atoms with E-state index >= 15 is 0 Å². The van der Waals surface area contributed by atoms with Crippen molar-refractivity contribution >= 4 is 18.0 Å². The summed E-state index contributed by atoms with van der Waals surface area (Å²) < 4.78 is 10.7. The highest BCUT2D eigenvalue weighted by atomic mass is 16.6. The molecule has 4 aliphatic carbocycles. The minimum absolute atomic E-state index is 0.149. The number of carbonyl (C=O) groups excluding carboxylic acids is 3. The summed E-state index contributed by atoms with van der Waals surface area (Å²) in [6.07, 6.45) is 19.5. The Bertz CT molecular complexity index is 4390. The molecule has 92 heavy (non-hydrogen) atoms. The van der Waals surface area contributed by atoms with E-state index in [4.69, 9.17) is 15.9 Å². The second-order valence-electron chi connectivity index (χ2n) is 23.2. The van der Waals surface area contributed by atoms with Crippen LogP contribution in [0, 0.1) is 289 Å². The highest BCUT2D eigenvalue weighted by Crippen LogP contribution is 2.55. The number of ether oxygens (including phenoxy) is 2. The summed E-state index contributed by atoms with van der Waals surface area (Å²) in [5.74, 6) is 112. The molecule has 4 unspecified atom stereocenters. The van der Waals surface area contributed by atoms with Gasteiger partial charge in [0.2, 0.25) is 0 Å². The van der Waals surface area contributed by atoms with Gasteiger partial charge in [-0.15, -0.1) is 6.42 Å². The number of ketones is 1. The van der Waals surface area contributed by atoms with Crippen molar-refractivity contribution < 1.29 is 23.9 Å². The molecule has 2 saturated heterocycles. The third-order valence-corrected chi connectivity index (χ3v) is 14.4. The van der Waals surface area contributed by atoms with Crippen molar-refractivity contribution in [3.05, 3.63) is 0 Å². The van der Waals surface area contributed by atoms with Gasteiger partial charge in [-0.05, 0) is 235 Å². The van der Waals surface area contributed by atoms with E-state index in [-0.39, 0.29) is 17.6 Å². The van der Waals surface area contributed by atoms with Crippen molar-refractivity contribution in [1.29, 1.82) is 0 Å². The molecule has 3 spiro atoms. The lowest BCUT2D eigenvalue weighted by Gasteiger charge is -2.50. The fourth-order valence-electron chi connectivity index (χ4n) is 10.2. The Hall–Kier alpha value is -12.0. The number of hydrogen-bond acceptors (Lipinski definition) is 7. The molecule has 0 aromatic carbocycles. The molecule has 9 nitrogen and oxygen atoms in total. The van der Waals surface area contributed by atoms with Gasteiger partial charge in [-0.25, -0.2) is 9.59 Å². The van der Waals surface area contributed by atoms with Gasteiger partial charge in [-0.2, -0.15) is 0 Å². The number of terminal acetylenes is 1. The number of nitrogens with zero attached hydrogens (tertiary/aromatic N) is 4. The summed E-state index contributed by atoms with van der Waals surface area (Å²) >= 11 is 0. The Kier molecular flexibility index (Phi) is 33.3. The molecule has 0 aromatic heterocycles. The van der Waals surface area contributed by atoms with Crippen molar-refractivity contribution in [2.45, 2.75) is 149 Å². The summed E-state index contributed by atoms with van der Waals surface area (Å²) in [6, 6.07) is 1.55. The molecule has 6 rings (SSSR count). The molecule has 4 atom stereocenters. The zero-order valence-corrected chi connectivity index (χ0v) is 54.4. The number of likely N-dealkylation sites (tertiary alicyclic amines) is 2. The van der Waals surface area contributed by atoms with Gasteiger partial charge in [0.15, 0.2) is 0 Å². The largest absolute Gasteiger partial charge is 0.444 e. The van der Waals surface area contributed by atoms with Gasteiger partial charge >= 0.3 is 12.2 Å². The average Bonchev–Trinajstić information content (AvgIpc) is 1.56. The molecule has 0 radical (unpaired) electrons. The Morgan fingerprint density at radius 2 is 0.685 bits per heavy atom. The standard InChI is InChI=1S/C47H4.C14H26N2O2.C12H19NO3.C10H19N/c1-3-5-7-9-11-13-15-17-19-21-23-25-27-29-31-33-35-37-39-41-43-45-47-46-44-42-40-38-36-34-32-30-28-26-24-22-20-18-16-14-12-10-8-6-4-2;1-13(2,3)18-12(17)16-9-8-14(10-16)7-6-11(14)15(4)5;1-11(2,3)16-10(15)13-7-6-12(8-13)5-4-9(12)14;1-11(2)9-5-8-10(9)6-3-4-7-10/h1H,2H3;11H,6-10H2,1-5H3;4-8H2,1-3H3;9H,3-8H2,1-2H3. The van der Waals surface area contributed by atoms with Gasteiger partial charge < -0.3 is 29.1 Å². The molecule has 9 heteroatoms. The van der Waals surface area contributed by atoms with Crippen LogP contribution in [0.25, 0.3) is 0 Å². The lowest BCUT2D eigenvalue weighted by molar-refractivity contribution is -0.137. The zero-order chi connectivity index (χ0) is 67.2. The summed E-state index contributed by atoms with van der Waals surface area (Å²) in [4.78, 5) is 43.7. The SMILES string of the molecule is C#CC#CC#CC#CC#CC#CC#CC#CC#CC#CC#CC#CC#CC#CC#CC#CC#CC#CC#CC#CC#CC#CC#CC.CC(C)(C)OC(=O)N1CCC2(CCC2=O)C1.CN(C)C1CCC12CCCC2.CN(C)C1CCC12CCN(C(=O)OC(C)(C)C)C2. The summed E-state index contributed by atoms with van der Waals surface area (Å²) in [6.45, 7) is 15.9. The minimum Gasteiger partial charge on any atom is -0.444 e. The summed E-state index contributed by atoms with van der Waals surface area (Å²) in [5.41, 5.74) is 0.0463. The monoisotopic (exact) mass is 1200 g/mol. The molecule has 450 valence electrons. The van der Waals surface area contributed by atoms with Crippen LogP contribution < -0.4 is 0 Å². The molecular formula is C83H68N4O5. The molecule has 2 amide bonds. The second-order valence-corrected chi connectivity index (χ2v) is 23.2. The maximum absolute atomic E-state index is 12.1. The van der Waals surface area contributed by atoms with E-state index in [1.54, 1.807) is 11.8 Å². The van der Waals surface area contributed by atoms with Crippen LogP contribution in [0.15, 0.2) is 0 Å². The van der Waals surface area contributed by atoms with E-state index in [9.17, 15) is 14.4 Å². The third-order valence-electron chi connectivity index (χ3n) is 14.4. The molecule has 0 bridgehead atoms. The van der Waals surface area contributed by atoms with E-state index in [1.807, 2.05) is 46.4 Å². The number of hydrogen-bond donors (Lipinski definition) is 0. The van der Waals surface area contributed by atoms with Gasteiger partial charge in [0, 0.05) is 221 Å². The van der Waals surface area contributed by atoms with Gasteiger partial charge in [0.1, 0.15) is 17.0 Å². The summed E-state index contributed by atoms with van der Waals surface area (Å²) in [5, 5.41) is 0. The van der Waals surface area contributed by atoms with Gasteiger partial charge in [0.25, 0.3) is 0 Å². The normalized spacial score (nSPS) is 17.5. The number of amides is 2. The predicted octanol–water partition coefficient (Wildman–Crippen LogP) is 7.30. The summed E-state index contributed by atoms with van der Waals surface area (Å²) in [7, 11) is 8.76. The van der Waals surface area contributed by atoms with Crippen LogP contribution in [0.4, 0.5) is 9.59 Å². The van der Waals surface area contributed by atoms with Crippen molar-refractivity contribution in [2.75, 3.05) is 54.4 Å². The zero-order valence-electron chi connectivity index (χ0n) is 54.4. The van der Waals surface area contributed by atoms with Crippen molar-refractivity contribution in [2.24, 2.45) is 16.2 Å². The van der Waals surface area contributed by atoms with Crippen molar-refractivity contribution in [1.82, 2.24) is 19.6 Å². The van der Waals surface area contributed by atoms with E-state index in [1.165, 1.54) is 51.4 Å². The maximum atomic E-state index is 12.1. The Morgan fingerprint density at radius 1 is 0.402 bits per heavy atom. The van der Waals surface area contributed by atoms with Crippen LogP contribution in [0.5, 0.6) is 0 Å². The molecule has 2 heterocycles. The predicted molar refractivity (Wildman–Crippen MR) is 364 cm³/mol. The van der Waals surface area contributed by atoms with E-state index in [0.717, 1.165) is 43.8 Å². The first kappa shape index (κ1) is 74.3. The highest BCUT2D eigenvalue weighted by Gasteiger charge is 2.54. The minimum atomic E-state index is -0.462. The van der Waals surface area contributed by atoms with Crippen LogP contribution >= 0.6 is 0 Å². The smallest absolute Gasteiger partial charge is 0.410 e. The van der Waals surface area contributed by atoms with Crippen LogP contribution in [0.1, 0.15) is 126 Å². The van der Waals surface area contributed by atoms with E-state index in [2.05, 4.69) is 304 Å². The van der Waals surface area contributed by atoms with Crippen LogP contribution in [0.3, 0.4) is 0 Å². The lowest BCUT2D eigenvalue weighted by Crippen LogP contribution is -2.54. The van der Waals surface area contributed by atoms with Crippen LogP contribution in [-0.2, 0) is 14.3 Å². The topological polar surface area (TPSA) is 82.6 Å². The number of rotatable bonds is 2. The second kappa shape index (κ2) is 41.2. The molecule has 6 fully saturated rings. The molecule has 0 N–H and O–H groups in total. The molecular weight excluding hydrogens is 1130 g/mol. The fraction of sp³-hybridized carbons (Fsp3) is 0.410. The van der Waals surface area contributed by atoms with Crippen molar-refractivity contribution in [3.8, 4) is 273 Å². The first-order valence-corrected chi connectivity index (χ1v) is 29.4. The molecule has 2 aliphatic heterocycles. The molecule has 6 aliphatic rings. The number of carbonyl (C=O) groups is 3. The van der Waals surface area contributed by atoms with Gasteiger partial charge in [-0.1, -0.05) is 18.8 Å². The molecule has 4 saturated carbocycles. The van der Waals surface area contributed by atoms with Crippen LogP contribution in [-0.4, -0.2) is 115 Å². The molecule has 0 aromatic rings. The highest BCUT2D eigenvalue weighted by molar-refractivity contribution is 5.91. The average molecular weight is 1200 g/mol. The van der Waals surface area contributed by atoms with E-state index in [0.29, 0.717) is 36.8 Å². The Balaban J connectivity index is 0.000000388. The van der Waals surface area contributed by atoms with Gasteiger partial charge in [-0.3, -0.25) is 4.79 Å². The Morgan fingerprint density at radius 3 is 0.913 bits per heavy atom. The van der Waals surface area contributed by atoms with Gasteiger partial charge in [0.05, 0.1) is 0 Å².